The number of aromatic nitrogens is 2. The summed E-state index contributed by atoms with van der Waals surface area (Å²) < 4.78 is 34.4. The molecule has 3 N–H and O–H groups in total. The minimum atomic E-state index is -4.26. The molecule has 1 aromatic carbocycles. The van der Waals surface area contributed by atoms with E-state index in [4.69, 9.17) is 15.5 Å². The second-order valence-corrected chi connectivity index (χ2v) is 12.6. The first-order valence-corrected chi connectivity index (χ1v) is 14.9. The summed E-state index contributed by atoms with van der Waals surface area (Å²) in [6.07, 6.45) is 7.32. The number of sulfonamides is 1. The molecule has 1 amide bonds. The number of nitrogens with zero attached hydrogens (tertiary/aromatic N) is 3. The fourth-order valence-corrected chi connectivity index (χ4v) is 6.31. The average Bonchev–Trinajstić information content (AvgIpc) is 3.50. The number of benzene rings is 1. The van der Waals surface area contributed by atoms with Crippen LogP contribution in [0.2, 0.25) is 0 Å². The molecular formula is C29H35N5O4S. The molecule has 2 aliphatic rings. The van der Waals surface area contributed by atoms with Gasteiger partial charge in [-0.25, -0.2) is 14.7 Å². The number of carbonyl (C=O) groups is 1. The van der Waals surface area contributed by atoms with Gasteiger partial charge >= 0.3 is 0 Å². The van der Waals surface area contributed by atoms with Gasteiger partial charge in [-0.2, -0.15) is 8.42 Å². The Kier molecular flexibility index (Phi) is 7.24. The molecule has 2 fully saturated rings. The quantitative estimate of drug-likeness (QED) is 0.431. The average molecular weight is 550 g/mol. The Bertz CT molecular complexity index is 1480. The number of nitrogens with two attached hydrogens (primary N) is 1. The third-order valence-corrected chi connectivity index (χ3v) is 9.31. The SMILES string of the molecule is CC1CCN(c2ncc(-c3cccc(OC4CCCC4)c3)cc2C(=O)NS(=O)(=O)c2cccc(N)n2)C1(C)C. The van der Waals surface area contributed by atoms with Gasteiger partial charge in [0.05, 0.1) is 11.7 Å². The number of anilines is 2. The van der Waals surface area contributed by atoms with Gasteiger partial charge in [0.25, 0.3) is 15.9 Å². The van der Waals surface area contributed by atoms with E-state index < -0.39 is 15.9 Å². The van der Waals surface area contributed by atoms with Crippen LogP contribution < -0.4 is 20.1 Å². The second-order valence-electron chi connectivity index (χ2n) is 11.0. The highest BCUT2D eigenvalue weighted by Crippen LogP contribution is 2.39. The van der Waals surface area contributed by atoms with Crippen LogP contribution in [0.25, 0.3) is 11.1 Å². The molecule has 3 heterocycles. The molecule has 2 aromatic heterocycles. The third kappa shape index (κ3) is 5.56. The van der Waals surface area contributed by atoms with Crippen LogP contribution in [0.15, 0.2) is 59.8 Å². The molecular weight excluding hydrogens is 514 g/mol. The molecule has 1 saturated heterocycles. The zero-order chi connectivity index (χ0) is 27.8. The number of rotatable bonds is 7. The van der Waals surface area contributed by atoms with Crippen molar-refractivity contribution < 1.29 is 17.9 Å². The minimum Gasteiger partial charge on any atom is -0.490 e. The first-order chi connectivity index (χ1) is 18.5. The highest BCUT2D eigenvalue weighted by molar-refractivity contribution is 7.90. The van der Waals surface area contributed by atoms with Crippen molar-refractivity contribution in [2.24, 2.45) is 5.92 Å². The van der Waals surface area contributed by atoms with E-state index in [1.165, 1.54) is 31.0 Å². The van der Waals surface area contributed by atoms with Crippen molar-refractivity contribution in [3.05, 3.63) is 60.3 Å². The van der Waals surface area contributed by atoms with E-state index in [0.29, 0.717) is 23.8 Å². The molecule has 1 saturated carbocycles. The third-order valence-electron chi connectivity index (χ3n) is 8.07. The first-order valence-electron chi connectivity index (χ1n) is 13.4. The highest BCUT2D eigenvalue weighted by Gasteiger charge is 2.41. The number of nitrogen functional groups attached to an aromatic ring is 1. The van der Waals surface area contributed by atoms with Gasteiger partial charge in [-0.05, 0) is 87.8 Å². The van der Waals surface area contributed by atoms with Gasteiger partial charge in [0.15, 0.2) is 5.03 Å². The van der Waals surface area contributed by atoms with Crippen LogP contribution in [0.1, 0.15) is 63.2 Å². The van der Waals surface area contributed by atoms with Crippen molar-refractivity contribution in [1.29, 1.82) is 0 Å². The maximum atomic E-state index is 13.6. The summed E-state index contributed by atoms with van der Waals surface area (Å²) in [6.45, 7) is 7.09. The fraction of sp³-hybridized carbons (Fsp3) is 0.414. The Morgan fingerprint density at radius 3 is 2.51 bits per heavy atom. The lowest BCUT2D eigenvalue weighted by Crippen LogP contribution is -2.43. The predicted molar refractivity (Wildman–Crippen MR) is 151 cm³/mol. The predicted octanol–water partition coefficient (Wildman–Crippen LogP) is 4.79. The number of ether oxygens (including phenoxy) is 1. The second kappa shape index (κ2) is 10.5. The summed E-state index contributed by atoms with van der Waals surface area (Å²) in [4.78, 5) is 24.3. The molecule has 1 aliphatic heterocycles. The zero-order valence-electron chi connectivity index (χ0n) is 22.6. The van der Waals surface area contributed by atoms with Gasteiger partial charge in [0.2, 0.25) is 0 Å². The van der Waals surface area contributed by atoms with E-state index in [9.17, 15) is 13.2 Å². The maximum Gasteiger partial charge on any atom is 0.281 e. The number of amides is 1. The maximum absolute atomic E-state index is 13.6. The van der Waals surface area contributed by atoms with Gasteiger partial charge in [-0.1, -0.05) is 25.1 Å². The molecule has 9 nitrogen and oxygen atoms in total. The van der Waals surface area contributed by atoms with Crippen molar-refractivity contribution in [3.8, 4) is 16.9 Å². The van der Waals surface area contributed by atoms with Crippen molar-refractivity contribution >= 4 is 27.6 Å². The molecule has 0 spiro atoms. The van der Waals surface area contributed by atoms with Crippen LogP contribution in [-0.2, 0) is 10.0 Å². The molecule has 1 unspecified atom stereocenters. The van der Waals surface area contributed by atoms with E-state index >= 15 is 0 Å². The minimum absolute atomic E-state index is 0.0437. The molecule has 10 heteroatoms. The topological polar surface area (TPSA) is 128 Å². The molecule has 5 rings (SSSR count). The van der Waals surface area contributed by atoms with E-state index in [-0.39, 0.29) is 28.1 Å². The number of hydrogen-bond acceptors (Lipinski definition) is 8. The Balaban J connectivity index is 1.52. The molecule has 1 atom stereocenters. The van der Waals surface area contributed by atoms with Crippen LogP contribution in [-0.4, -0.2) is 42.5 Å². The molecule has 0 radical (unpaired) electrons. The van der Waals surface area contributed by atoms with Crippen LogP contribution in [0, 0.1) is 5.92 Å². The monoisotopic (exact) mass is 549 g/mol. The fourth-order valence-electron chi connectivity index (χ4n) is 5.36. The highest BCUT2D eigenvalue weighted by atomic mass is 32.2. The van der Waals surface area contributed by atoms with E-state index in [0.717, 1.165) is 30.6 Å². The summed E-state index contributed by atoms with van der Waals surface area (Å²) in [7, 11) is -4.26. The smallest absolute Gasteiger partial charge is 0.281 e. The first kappa shape index (κ1) is 26.9. The van der Waals surface area contributed by atoms with Crippen molar-refractivity contribution in [3.63, 3.8) is 0 Å². The molecule has 3 aromatic rings. The molecule has 39 heavy (non-hydrogen) atoms. The van der Waals surface area contributed by atoms with Crippen LogP contribution >= 0.6 is 0 Å². The van der Waals surface area contributed by atoms with E-state index in [2.05, 4.69) is 35.4 Å². The molecule has 1 aliphatic carbocycles. The lowest BCUT2D eigenvalue weighted by Gasteiger charge is -2.36. The Morgan fingerprint density at radius 2 is 1.82 bits per heavy atom. The zero-order valence-corrected chi connectivity index (χ0v) is 23.4. The number of nitrogens with one attached hydrogen (secondary N) is 1. The summed E-state index contributed by atoms with van der Waals surface area (Å²) >= 11 is 0. The standard InChI is InChI=1S/C29H35N5O4S/c1-19-14-15-34(29(19,2)3)27-24(28(35)33-39(36,37)26-13-7-12-25(30)32-26)17-21(18-31-27)20-8-6-11-23(16-20)38-22-9-4-5-10-22/h6-8,11-13,16-19,22H,4-5,9-10,14-15H2,1-3H3,(H2,30,32)(H,33,35). The van der Waals surface area contributed by atoms with Gasteiger partial charge in [-0.15, -0.1) is 0 Å². The van der Waals surface area contributed by atoms with Crippen molar-refractivity contribution in [1.82, 2.24) is 14.7 Å². The molecule has 0 bridgehead atoms. The van der Waals surface area contributed by atoms with E-state index in [1.807, 2.05) is 24.3 Å². The van der Waals surface area contributed by atoms with Crippen molar-refractivity contribution in [2.45, 2.75) is 69.5 Å². The van der Waals surface area contributed by atoms with Gasteiger partial charge in [-0.3, -0.25) is 4.79 Å². The van der Waals surface area contributed by atoms with E-state index in [1.54, 1.807) is 12.3 Å². The van der Waals surface area contributed by atoms with Crippen LogP contribution in [0.4, 0.5) is 11.6 Å². The summed E-state index contributed by atoms with van der Waals surface area (Å²) in [6, 6.07) is 13.7. The van der Waals surface area contributed by atoms with Crippen LogP contribution in [0.3, 0.4) is 0 Å². The number of carbonyl (C=O) groups excluding carboxylic acids is 1. The van der Waals surface area contributed by atoms with Crippen molar-refractivity contribution in [2.75, 3.05) is 17.2 Å². The largest absolute Gasteiger partial charge is 0.490 e. The molecule has 206 valence electrons. The lowest BCUT2D eigenvalue weighted by atomic mass is 9.90. The number of pyridine rings is 2. The van der Waals surface area contributed by atoms with Gasteiger partial charge < -0.3 is 15.4 Å². The Morgan fingerprint density at radius 1 is 1.08 bits per heavy atom. The lowest BCUT2D eigenvalue weighted by molar-refractivity contribution is 0.0981. The van der Waals surface area contributed by atoms with Gasteiger partial charge in [0.1, 0.15) is 17.4 Å². The number of hydrogen-bond donors (Lipinski definition) is 2. The Labute approximate surface area is 229 Å². The summed E-state index contributed by atoms with van der Waals surface area (Å²) in [5.74, 6) is 0.831. The van der Waals surface area contributed by atoms with Crippen LogP contribution in [0.5, 0.6) is 5.75 Å². The summed E-state index contributed by atoms with van der Waals surface area (Å²) in [5, 5.41) is -0.326. The Hall–Kier alpha value is -3.66. The van der Waals surface area contributed by atoms with Gasteiger partial charge in [0, 0.05) is 23.8 Å². The normalized spacial score (nSPS) is 19.3. The summed E-state index contributed by atoms with van der Waals surface area (Å²) in [5.41, 5.74) is 7.09.